The molecule has 0 aliphatic carbocycles. The first-order chi connectivity index (χ1) is 9.31. The van der Waals surface area contributed by atoms with Gasteiger partial charge in [0.25, 0.3) is 0 Å². The normalized spacial score (nSPS) is 10.7. The summed E-state index contributed by atoms with van der Waals surface area (Å²) in [5.41, 5.74) is 1.32. The third-order valence-corrected chi connectivity index (χ3v) is 4.14. The average Bonchev–Trinajstić information content (AvgIpc) is 2.46. The first-order valence-electron chi connectivity index (χ1n) is 6.21. The Balaban J connectivity index is 1.76. The molecule has 1 N–H and O–H groups in total. The summed E-state index contributed by atoms with van der Waals surface area (Å²) in [5.74, 6) is 1.25. The molecule has 0 heterocycles. The summed E-state index contributed by atoms with van der Waals surface area (Å²) in [6.07, 6.45) is 0. The Bertz CT molecular complexity index is 689. The van der Waals surface area contributed by atoms with Gasteiger partial charge in [0.2, 0.25) is 0 Å². The van der Waals surface area contributed by atoms with Gasteiger partial charge in [-0.05, 0) is 40.6 Å². The van der Waals surface area contributed by atoms with Crippen LogP contribution in [-0.2, 0) is 5.75 Å². The monoisotopic (exact) mass is 266 g/mol. The van der Waals surface area contributed by atoms with Gasteiger partial charge < -0.3 is 5.11 Å². The van der Waals surface area contributed by atoms with Gasteiger partial charge in [-0.2, -0.15) is 0 Å². The Morgan fingerprint density at radius 1 is 0.789 bits per heavy atom. The van der Waals surface area contributed by atoms with E-state index in [4.69, 9.17) is 0 Å². The molecule has 2 heteroatoms. The van der Waals surface area contributed by atoms with Crippen molar-refractivity contribution in [3.8, 4) is 5.75 Å². The molecule has 0 amide bonds. The maximum absolute atomic E-state index is 9.25. The van der Waals surface area contributed by atoms with Crippen molar-refractivity contribution in [3.05, 3.63) is 72.3 Å². The summed E-state index contributed by atoms with van der Waals surface area (Å²) in [6.45, 7) is 0. The summed E-state index contributed by atoms with van der Waals surface area (Å²) in [7, 11) is 0. The van der Waals surface area contributed by atoms with E-state index in [1.54, 1.807) is 23.9 Å². The van der Waals surface area contributed by atoms with E-state index in [-0.39, 0.29) is 0 Å². The molecule has 3 aromatic rings. The summed E-state index contributed by atoms with van der Waals surface area (Å²) >= 11 is 1.78. The molecule has 0 spiro atoms. The number of phenolic OH excluding ortho intramolecular Hbond substituents is 1. The summed E-state index contributed by atoms with van der Waals surface area (Å²) in [5, 5.41) is 11.8. The van der Waals surface area contributed by atoms with E-state index in [1.165, 1.54) is 21.2 Å². The molecule has 0 aromatic heterocycles. The molecule has 3 rings (SSSR count). The van der Waals surface area contributed by atoms with Crippen LogP contribution in [0.4, 0.5) is 0 Å². The standard InChI is InChI=1S/C17H14OS/c18-16-7-9-17(10-8-16)19-12-13-5-6-14-3-1-2-4-15(14)11-13/h1-11,18H,12H2. The van der Waals surface area contributed by atoms with E-state index in [1.807, 2.05) is 12.1 Å². The highest BCUT2D eigenvalue weighted by Crippen LogP contribution is 2.26. The molecule has 0 unspecified atom stereocenters. The van der Waals surface area contributed by atoms with Crippen LogP contribution in [-0.4, -0.2) is 5.11 Å². The quantitative estimate of drug-likeness (QED) is 0.685. The predicted octanol–water partition coefficient (Wildman–Crippen LogP) is 4.84. The lowest BCUT2D eigenvalue weighted by Crippen LogP contribution is -1.81. The smallest absolute Gasteiger partial charge is 0.115 e. The molecule has 0 aliphatic heterocycles. The van der Waals surface area contributed by atoms with Crippen molar-refractivity contribution in [3.63, 3.8) is 0 Å². The second kappa shape index (κ2) is 5.37. The highest BCUT2D eigenvalue weighted by molar-refractivity contribution is 7.98. The molecule has 0 radical (unpaired) electrons. The Kier molecular flexibility index (Phi) is 3.43. The van der Waals surface area contributed by atoms with Gasteiger partial charge in [-0.25, -0.2) is 0 Å². The Labute approximate surface area is 116 Å². The number of hydrogen-bond acceptors (Lipinski definition) is 2. The number of rotatable bonds is 3. The van der Waals surface area contributed by atoms with Crippen molar-refractivity contribution in [2.45, 2.75) is 10.6 Å². The lowest BCUT2D eigenvalue weighted by atomic mass is 10.1. The summed E-state index contributed by atoms with van der Waals surface area (Å²) < 4.78 is 0. The van der Waals surface area contributed by atoms with Crippen molar-refractivity contribution in [1.82, 2.24) is 0 Å². The minimum atomic E-state index is 0.315. The molecule has 0 saturated carbocycles. The highest BCUT2D eigenvalue weighted by atomic mass is 32.2. The fraction of sp³-hybridized carbons (Fsp3) is 0.0588. The van der Waals surface area contributed by atoms with Crippen LogP contribution in [0, 0.1) is 0 Å². The molecule has 0 fully saturated rings. The molecular formula is C17H14OS. The number of benzene rings is 3. The van der Waals surface area contributed by atoms with Crippen LogP contribution in [0.15, 0.2) is 71.6 Å². The van der Waals surface area contributed by atoms with E-state index < -0.39 is 0 Å². The zero-order valence-electron chi connectivity index (χ0n) is 10.4. The van der Waals surface area contributed by atoms with Crippen LogP contribution in [0.5, 0.6) is 5.75 Å². The second-order valence-corrected chi connectivity index (χ2v) is 5.51. The van der Waals surface area contributed by atoms with Crippen LogP contribution in [0.2, 0.25) is 0 Å². The maximum atomic E-state index is 9.25. The number of fused-ring (bicyclic) bond motifs is 1. The molecule has 0 aliphatic rings. The lowest BCUT2D eigenvalue weighted by molar-refractivity contribution is 0.475. The van der Waals surface area contributed by atoms with Crippen molar-refractivity contribution in [2.75, 3.05) is 0 Å². The first kappa shape index (κ1) is 12.1. The van der Waals surface area contributed by atoms with Crippen molar-refractivity contribution in [2.24, 2.45) is 0 Å². The van der Waals surface area contributed by atoms with Gasteiger partial charge in [-0.15, -0.1) is 11.8 Å². The summed E-state index contributed by atoms with van der Waals surface area (Å²) in [4.78, 5) is 1.17. The summed E-state index contributed by atoms with van der Waals surface area (Å²) in [6, 6.07) is 22.3. The van der Waals surface area contributed by atoms with Gasteiger partial charge >= 0.3 is 0 Å². The molecule has 19 heavy (non-hydrogen) atoms. The van der Waals surface area contributed by atoms with Crippen LogP contribution >= 0.6 is 11.8 Å². The van der Waals surface area contributed by atoms with Crippen LogP contribution < -0.4 is 0 Å². The van der Waals surface area contributed by atoms with E-state index in [0.717, 1.165) is 5.75 Å². The first-order valence-corrected chi connectivity index (χ1v) is 7.19. The Morgan fingerprint density at radius 3 is 2.32 bits per heavy atom. The third kappa shape index (κ3) is 2.91. The zero-order valence-corrected chi connectivity index (χ0v) is 11.2. The van der Waals surface area contributed by atoms with Crippen LogP contribution in [0.1, 0.15) is 5.56 Å². The van der Waals surface area contributed by atoms with E-state index in [0.29, 0.717) is 5.75 Å². The fourth-order valence-corrected chi connectivity index (χ4v) is 2.88. The largest absolute Gasteiger partial charge is 0.508 e. The topological polar surface area (TPSA) is 20.2 Å². The predicted molar refractivity (Wildman–Crippen MR) is 81.6 cm³/mol. The van der Waals surface area contributed by atoms with E-state index in [9.17, 15) is 5.11 Å². The molecular weight excluding hydrogens is 252 g/mol. The molecule has 0 saturated heterocycles. The molecule has 94 valence electrons. The van der Waals surface area contributed by atoms with Gasteiger partial charge in [-0.1, -0.05) is 42.5 Å². The van der Waals surface area contributed by atoms with E-state index in [2.05, 4.69) is 42.5 Å². The van der Waals surface area contributed by atoms with Gasteiger partial charge in [0.1, 0.15) is 5.75 Å². The number of thioether (sulfide) groups is 1. The van der Waals surface area contributed by atoms with Crippen molar-refractivity contribution >= 4 is 22.5 Å². The van der Waals surface area contributed by atoms with E-state index >= 15 is 0 Å². The van der Waals surface area contributed by atoms with Gasteiger partial charge in [-0.3, -0.25) is 0 Å². The number of hydrogen-bond donors (Lipinski definition) is 1. The van der Waals surface area contributed by atoms with Crippen LogP contribution in [0.25, 0.3) is 10.8 Å². The molecule has 1 nitrogen and oxygen atoms in total. The van der Waals surface area contributed by atoms with Crippen molar-refractivity contribution < 1.29 is 5.11 Å². The average molecular weight is 266 g/mol. The van der Waals surface area contributed by atoms with Gasteiger partial charge in [0, 0.05) is 10.6 Å². The number of aromatic hydroxyl groups is 1. The molecule has 0 bridgehead atoms. The van der Waals surface area contributed by atoms with Crippen LogP contribution in [0.3, 0.4) is 0 Å². The molecule has 3 aromatic carbocycles. The lowest BCUT2D eigenvalue weighted by Gasteiger charge is -2.04. The Hall–Kier alpha value is -1.93. The minimum Gasteiger partial charge on any atom is -0.508 e. The third-order valence-electron chi connectivity index (χ3n) is 3.06. The fourth-order valence-electron chi connectivity index (χ4n) is 2.04. The second-order valence-electron chi connectivity index (χ2n) is 4.46. The zero-order chi connectivity index (χ0) is 13.1. The van der Waals surface area contributed by atoms with Crippen molar-refractivity contribution in [1.29, 1.82) is 0 Å². The number of phenols is 1. The van der Waals surface area contributed by atoms with Gasteiger partial charge in [0.15, 0.2) is 0 Å². The Morgan fingerprint density at radius 2 is 1.53 bits per heavy atom. The molecule has 0 atom stereocenters. The maximum Gasteiger partial charge on any atom is 0.115 e. The highest BCUT2D eigenvalue weighted by Gasteiger charge is 1.99. The SMILES string of the molecule is Oc1ccc(SCc2ccc3ccccc3c2)cc1. The minimum absolute atomic E-state index is 0.315. The van der Waals surface area contributed by atoms with Gasteiger partial charge in [0.05, 0.1) is 0 Å².